The number of rotatable bonds is 7. The van der Waals surface area contributed by atoms with E-state index in [0.717, 1.165) is 12.8 Å². The van der Waals surface area contributed by atoms with Crippen LogP contribution in [-0.2, 0) is 6.42 Å². The van der Waals surface area contributed by atoms with E-state index in [4.69, 9.17) is 0 Å². The van der Waals surface area contributed by atoms with Gasteiger partial charge in [0.05, 0.1) is 5.70 Å². The predicted molar refractivity (Wildman–Crippen MR) is 86.1 cm³/mol. The molecule has 0 aliphatic rings. The predicted octanol–water partition coefficient (Wildman–Crippen LogP) is 5.32. The Morgan fingerprint density at radius 3 is 2.24 bits per heavy atom. The molecule has 0 aliphatic carbocycles. The van der Waals surface area contributed by atoms with Gasteiger partial charge in [-0.1, -0.05) is 50.3 Å². The van der Waals surface area contributed by atoms with Gasteiger partial charge in [0.2, 0.25) is 0 Å². The molecule has 21 heavy (non-hydrogen) atoms. The lowest BCUT2D eigenvalue weighted by atomic mass is 10.0. The molecule has 114 valence electrons. The number of likely N-dealkylation sites (N-methyl/N-ethyl adjacent to an activating group) is 1. The summed E-state index contributed by atoms with van der Waals surface area (Å²) in [6.45, 7) is 9.79. The molecule has 0 aliphatic heterocycles. The van der Waals surface area contributed by atoms with Gasteiger partial charge in [-0.3, -0.25) is 0 Å². The molecule has 0 spiro atoms. The van der Waals surface area contributed by atoms with Crippen LogP contribution >= 0.6 is 0 Å². The minimum Gasteiger partial charge on any atom is -0.383 e. The fraction of sp³-hybridized carbons (Fsp3) is 0.333. The molecule has 0 radical (unpaired) electrons. The van der Waals surface area contributed by atoms with Crippen molar-refractivity contribution in [3.05, 3.63) is 65.4 Å². The van der Waals surface area contributed by atoms with Crippen molar-refractivity contribution < 1.29 is 8.78 Å². The third kappa shape index (κ3) is 4.55. The van der Waals surface area contributed by atoms with E-state index in [-0.39, 0.29) is 11.3 Å². The van der Waals surface area contributed by atoms with Gasteiger partial charge in [0.25, 0.3) is 0 Å². The zero-order chi connectivity index (χ0) is 15.8. The van der Waals surface area contributed by atoms with Crippen molar-refractivity contribution in [2.24, 2.45) is 0 Å². The van der Waals surface area contributed by atoms with Crippen molar-refractivity contribution in [2.45, 2.75) is 33.6 Å². The molecule has 1 rings (SSSR count). The summed E-state index contributed by atoms with van der Waals surface area (Å²) < 4.78 is 28.3. The Morgan fingerprint density at radius 2 is 1.76 bits per heavy atom. The highest BCUT2D eigenvalue weighted by atomic mass is 19.2. The standard InChI is InChI=1S/C18H23F2N/c1-5-8-14-9-11-15(12-10-14)13(4)17(19)18(20)16(6-2)21-7-3/h6,9-12,21H,4-5,7-8H2,1-3H3/b16-6+,18-17-. The molecule has 0 unspecified atom stereocenters. The molecule has 0 bridgehead atoms. The van der Waals surface area contributed by atoms with E-state index in [1.807, 2.05) is 19.1 Å². The van der Waals surface area contributed by atoms with Crippen LogP contribution in [0.3, 0.4) is 0 Å². The van der Waals surface area contributed by atoms with Gasteiger partial charge < -0.3 is 5.32 Å². The number of nitrogens with one attached hydrogen (secondary N) is 1. The quantitative estimate of drug-likeness (QED) is 0.671. The van der Waals surface area contributed by atoms with Crippen LogP contribution in [0.4, 0.5) is 8.78 Å². The maximum absolute atomic E-state index is 14.2. The summed E-state index contributed by atoms with van der Waals surface area (Å²) in [6, 6.07) is 7.41. The number of allylic oxidation sites excluding steroid dienone is 4. The number of hydrogen-bond acceptors (Lipinski definition) is 1. The van der Waals surface area contributed by atoms with Crippen molar-refractivity contribution in [3.8, 4) is 0 Å². The zero-order valence-electron chi connectivity index (χ0n) is 13.0. The van der Waals surface area contributed by atoms with Crippen molar-refractivity contribution in [3.63, 3.8) is 0 Å². The highest BCUT2D eigenvalue weighted by molar-refractivity contribution is 5.76. The Labute approximate surface area is 126 Å². The van der Waals surface area contributed by atoms with Gasteiger partial charge in [0.1, 0.15) is 0 Å². The first-order valence-electron chi connectivity index (χ1n) is 7.29. The largest absolute Gasteiger partial charge is 0.383 e. The number of hydrogen-bond donors (Lipinski definition) is 1. The molecule has 0 saturated carbocycles. The maximum Gasteiger partial charge on any atom is 0.182 e. The van der Waals surface area contributed by atoms with E-state index in [1.54, 1.807) is 19.1 Å². The third-order valence-corrected chi connectivity index (χ3v) is 3.19. The SMILES string of the molecule is C=C(/C(F)=C(F)\C(=C/C)NCC)c1ccc(CCC)cc1. The number of aryl methyl sites for hydroxylation is 1. The summed E-state index contributed by atoms with van der Waals surface area (Å²) in [5.41, 5.74) is 1.99. The van der Waals surface area contributed by atoms with Gasteiger partial charge in [0.15, 0.2) is 11.7 Å². The Balaban J connectivity index is 3.00. The molecule has 1 aromatic carbocycles. The van der Waals surface area contributed by atoms with Crippen LogP contribution in [0.5, 0.6) is 0 Å². The second-order valence-corrected chi connectivity index (χ2v) is 4.79. The van der Waals surface area contributed by atoms with Crippen LogP contribution in [0, 0.1) is 0 Å². The van der Waals surface area contributed by atoms with E-state index in [9.17, 15) is 8.78 Å². The Hall–Kier alpha value is -1.90. The van der Waals surface area contributed by atoms with Crippen LogP contribution in [0.1, 0.15) is 38.3 Å². The van der Waals surface area contributed by atoms with Gasteiger partial charge in [-0.2, -0.15) is 0 Å². The lowest BCUT2D eigenvalue weighted by Crippen LogP contribution is -2.13. The third-order valence-electron chi connectivity index (χ3n) is 3.19. The van der Waals surface area contributed by atoms with Gasteiger partial charge >= 0.3 is 0 Å². The van der Waals surface area contributed by atoms with E-state index < -0.39 is 11.7 Å². The number of benzene rings is 1. The Kier molecular flexibility index (Phi) is 6.86. The molecule has 1 N–H and O–H groups in total. The summed E-state index contributed by atoms with van der Waals surface area (Å²) >= 11 is 0. The molecule has 0 fully saturated rings. The summed E-state index contributed by atoms with van der Waals surface area (Å²) in [4.78, 5) is 0. The van der Waals surface area contributed by atoms with Gasteiger partial charge in [-0.05, 0) is 31.4 Å². The van der Waals surface area contributed by atoms with Crippen molar-refractivity contribution in [1.29, 1.82) is 0 Å². The average Bonchev–Trinajstić information content (AvgIpc) is 2.51. The first-order valence-corrected chi connectivity index (χ1v) is 7.29. The van der Waals surface area contributed by atoms with Gasteiger partial charge in [0, 0.05) is 12.1 Å². The molecule has 0 aromatic heterocycles. The van der Waals surface area contributed by atoms with Gasteiger partial charge in [-0.15, -0.1) is 0 Å². The van der Waals surface area contributed by atoms with Crippen molar-refractivity contribution >= 4 is 5.57 Å². The summed E-state index contributed by atoms with van der Waals surface area (Å²) in [5, 5.41) is 2.79. The van der Waals surface area contributed by atoms with Crippen LogP contribution in [0.15, 0.2) is 54.3 Å². The fourth-order valence-electron chi connectivity index (χ4n) is 2.04. The average molecular weight is 291 g/mol. The van der Waals surface area contributed by atoms with Crippen LogP contribution in [-0.4, -0.2) is 6.54 Å². The molecule has 0 saturated heterocycles. The molecule has 0 heterocycles. The Morgan fingerprint density at radius 1 is 1.14 bits per heavy atom. The first-order chi connectivity index (χ1) is 10.0. The maximum atomic E-state index is 14.2. The molecular weight excluding hydrogens is 268 g/mol. The molecule has 1 aromatic rings. The van der Waals surface area contributed by atoms with Crippen molar-refractivity contribution in [2.75, 3.05) is 6.54 Å². The van der Waals surface area contributed by atoms with E-state index >= 15 is 0 Å². The highest BCUT2D eigenvalue weighted by Gasteiger charge is 2.15. The minimum atomic E-state index is -0.924. The van der Waals surface area contributed by atoms with Crippen LogP contribution in [0.25, 0.3) is 5.57 Å². The fourth-order valence-corrected chi connectivity index (χ4v) is 2.04. The van der Waals surface area contributed by atoms with Crippen LogP contribution in [0.2, 0.25) is 0 Å². The first kappa shape index (κ1) is 17.2. The van der Waals surface area contributed by atoms with E-state index in [2.05, 4.69) is 18.8 Å². The normalized spacial score (nSPS) is 12.9. The monoisotopic (exact) mass is 291 g/mol. The summed E-state index contributed by atoms with van der Waals surface area (Å²) in [7, 11) is 0. The van der Waals surface area contributed by atoms with Gasteiger partial charge in [-0.25, -0.2) is 8.78 Å². The van der Waals surface area contributed by atoms with Crippen LogP contribution < -0.4 is 5.32 Å². The summed E-state index contributed by atoms with van der Waals surface area (Å²) in [5.74, 6) is -1.82. The number of halogens is 2. The second kappa shape index (κ2) is 8.40. The smallest absolute Gasteiger partial charge is 0.182 e. The zero-order valence-corrected chi connectivity index (χ0v) is 13.0. The molecular formula is C18H23F2N. The summed E-state index contributed by atoms with van der Waals surface area (Å²) in [6.07, 6.45) is 3.54. The highest BCUT2D eigenvalue weighted by Crippen LogP contribution is 2.28. The lowest BCUT2D eigenvalue weighted by Gasteiger charge is -2.10. The second-order valence-electron chi connectivity index (χ2n) is 4.79. The van der Waals surface area contributed by atoms with Crippen molar-refractivity contribution in [1.82, 2.24) is 5.32 Å². The molecule has 0 amide bonds. The Bertz CT molecular complexity index is 539. The lowest BCUT2D eigenvalue weighted by molar-refractivity contribution is 0.554. The van der Waals surface area contributed by atoms with E-state index in [1.165, 1.54) is 11.6 Å². The van der Waals surface area contributed by atoms with E-state index in [0.29, 0.717) is 12.1 Å². The minimum absolute atomic E-state index is 0.0628. The molecule has 1 nitrogen and oxygen atoms in total. The molecule has 0 atom stereocenters. The molecule has 3 heteroatoms. The topological polar surface area (TPSA) is 12.0 Å².